The summed E-state index contributed by atoms with van der Waals surface area (Å²) >= 11 is 13.2. The van der Waals surface area contributed by atoms with Gasteiger partial charge in [0.2, 0.25) is 0 Å². The summed E-state index contributed by atoms with van der Waals surface area (Å²) in [4.78, 5) is 17.8. The van der Waals surface area contributed by atoms with Crippen molar-refractivity contribution in [1.82, 2.24) is 4.98 Å². The first-order valence-electron chi connectivity index (χ1n) is 6.53. The van der Waals surface area contributed by atoms with Gasteiger partial charge in [0.1, 0.15) is 0 Å². The van der Waals surface area contributed by atoms with E-state index in [-0.39, 0.29) is 11.9 Å². The number of nitrogens with two attached hydrogens (primary N) is 1. The number of amides is 1. The minimum absolute atomic E-state index is 0.191. The fraction of sp³-hybridized carbons (Fsp3) is 0.286. The Morgan fingerprint density at radius 2 is 2.19 bits per heavy atom. The quantitative estimate of drug-likeness (QED) is 0.877. The zero-order valence-corrected chi connectivity index (χ0v) is 13.4. The van der Waals surface area contributed by atoms with Crippen molar-refractivity contribution in [1.29, 1.82) is 0 Å². The average molecular weight is 342 g/mol. The lowest BCUT2D eigenvalue weighted by molar-refractivity contribution is 0.102. The van der Waals surface area contributed by atoms with E-state index >= 15 is 0 Å². The largest absolute Gasteiger partial charge is 0.327 e. The highest BCUT2D eigenvalue weighted by molar-refractivity contribution is 7.15. The molecule has 1 aliphatic carbocycles. The van der Waals surface area contributed by atoms with Crippen molar-refractivity contribution in [3.05, 3.63) is 44.4 Å². The number of thiazole rings is 1. The lowest BCUT2D eigenvalue weighted by Crippen LogP contribution is -2.27. The first kappa shape index (κ1) is 14.8. The Morgan fingerprint density at radius 1 is 1.38 bits per heavy atom. The molecule has 2 aromatic rings. The van der Waals surface area contributed by atoms with Crippen molar-refractivity contribution in [2.45, 2.75) is 25.3 Å². The van der Waals surface area contributed by atoms with Crippen molar-refractivity contribution >= 4 is 45.6 Å². The van der Waals surface area contributed by atoms with Crippen LogP contribution in [0.25, 0.3) is 0 Å². The summed E-state index contributed by atoms with van der Waals surface area (Å²) in [6.45, 7) is 0. The number of aryl methyl sites for hydroxylation is 1. The topological polar surface area (TPSA) is 68.0 Å². The molecule has 1 atom stereocenters. The summed E-state index contributed by atoms with van der Waals surface area (Å²) < 4.78 is 0. The molecule has 0 saturated carbocycles. The zero-order valence-electron chi connectivity index (χ0n) is 11.0. The molecule has 1 aromatic carbocycles. The lowest BCUT2D eigenvalue weighted by atomic mass is 9.99. The first-order valence-corrected chi connectivity index (χ1v) is 8.10. The summed E-state index contributed by atoms with van der Waals surface area (Å²) in [7, 11) is 0. The van der Waals surface area contributed by atoms with Crippen molar-refractivity contribution in [2.24, 2.45) is 5.73 Å². The van der Waals surface area contributed by atoms with Gasteiger partial charge in [-0.1, -0.05) is 23.2 Å². The van der Waals surface area contributed by atoms with Gasteiger partial charge >= 0.3 is 0 Å². The van der Waals surface area contributed by atoms with Gasteiger partial charge in [-0.05, 0) is 37.5 Å². The van der Waals surface area contributed by atoms with E-state index < -0.39 is 0 Å². The second-order valence-corrected chi connectivity index (χ2v) is 6.87. The van der Waals surface area contributed by atoms with Crippen LogP contribution in [-0.4, -0.2) is 16.9 Å². The van der Waals surface area contributed by atoms with Crippen molar-refractivity contribution in [3.63, 3.8) is 0 Å². The van der Waals surface area contributed by atoms with Crippen LogP contribution in [0.2, 0.25) is 10.0 Å². The molecule has 3 rings (SSSR count). The number of aromatic nitrogens is 1. The number of hydrogen-bond acceptors (Lipinski definition) is 4. The van der Waals surface area contributed by atoms with Crippen LogP contribution in [-0.2, 0) is 12.8 Å². The van der Waals surface area contributed by atoms with Crippen LogP contribution in [0.15, 0.2) is 18.2 Å². The van der Waals surface area contributed by atoms with E-state index in [1.807, 2.05) is 0 Å². The van der Waals surface area contributed by atoms with E-state index in [4.69, 9.17) is 28.9 Å². The van der Waals surface area contributed by atoms with Gasteiger partial charge in [0.25, 0.3) is 5.91 Å². The van der Waals surface area contributed by atoms with Crippen LogP contribution < -0.4 is 11.1 Å². The predicted octanol–water partition coefficient (Wildman–Crippen LogP) is 3.52. The van der Waals surface area contributed by atoms with Gasteiger partial charge in [0, 0.05) is 16.5 Å². The summed E-state index contributed by atoms with van der Waals surface area (Å²) in [5, 5.41) is 4.18. The Hall–Kier alpha value is -1.14. The molecule has 110 valence electrons. The molecule has 0 bridgehead atoms. The summed E-state index contributed by atoms with van der Waals surface area (Å²) in [5.41, 5.74) is 7.45. The maximum atomic E-state index is 12.2. The minimum Gasteiger partial charge on any atom is -0.327 e. The Labute approximate surface area is 136 Å². The number of nitrogens with zero attached hydrogens (tertiary/aromatic N) is 1. The third-order valence-electron chi connectivity index (χ3n) is 3.38. The molecule has 0 aliphatic heterocycles. The lowest BCUT2D eigenvalue weighted by Gasteiger charge is -2.15. The molecule has 3 N–H and O–H groups in total. The third-order valence-corrected chi connectivity index (χ3v) is 5.15. The number of halogens is 2. The van der Waals surface area contributed by atoms with Gasteiger partial charge in [-0.15, -0.1) is 11.3 Å². The van der Waals surface area contributed by atoms with Gasteiger partial charge < -0.3 is 5.73 Å². The molecular formula is C14H13Cl2N3OS. The van der Waals surface area contributed by atoms with Gasteiger partial charge in [-0.25, -0.2) is 4.98 Å². The van der Waals surface area contributed by atoms with Crippen LogP contribution in [0.3, 0.4) is 0 Å². The van der Waals surface area contributed by atoms with Crippen molar-refractivity contribution in [3.8, 4) is 0 Å². The Morgan fingerprint density at radius 3 is 2.95 bits per heavy atom. The van der Waals surface area contributed by atoms with E-state index in [1.165, 1.54) is 11.3 Å². The summed E-state index contributed by atoms with van der Waals surface area (Å²) in [5.74, 6) is -0.246. The van der Waals surface area contributed by atoms with E-state index in [2.05, 4.69) is 10.3 Å². The smallest absolute Gasteiger partial charge is 0.257 e. The minimum atomic E-state index is -0.246. The molecule has 1 aromatic heterocycles. The van der Waals surface area contributed by atoms with Crippen molar-refractivity contribution < 1.29 is 4.79 Å². The Balaban J connectivity index is 1.77. The molecule has 21 heavy (non-hydrogen) atoms. The van der Waals surface area contributed by atoms with Gasteiger partial charge in [0.05, 0.1) is 15.7 Å². The fourth-order valence-corrected chi connectivity index (χ4v) is 3.65. The molecule has 0 spiro atoms. The standard InChI is InChI=1S/C14H13Cl2N3OS/c15-9-3-1-7(5-10(9)16)13(20)19-14-18-11-4-2-8(17)6-12(11)21-14/h1,3,5,8H,2,4,6,17H2,(H,18,19,20)/t8-/m0/s1. The fourth-order valence-electron chi connectivity index (χ4n) is 2.26. The molecule has 1 aliphatic rings. The highest BCUT2D eigenvalue weighted by Crippen LogP contribution is 2.30. The molecule has 1 amide bonds. The molecule has 0 radical (unpaired) electrons. The maximum Gasteiger partial charge on any atom is 0.257 e. The number of hydrogen-bond donors (Lipinski definition) is 2. The van der Waals surface area contributed by atoms with Gasteiger partial charge in [0.15, 0.2) is 5.13 Å². The maximum absolute atomic E-state index is 12.2. The number of benzene rings is 1. The Bertz CT molecular complexity index is 702. The number of nitrogens with one attached hydrogen (secondary N) is 1. The van der Waals surface area contributed by atoms with Crippen LogP contribution in [0.4, 0.5) is 5.13 Å². The Kier molecular flexibility index (Phi) is 4.17. The molecule has 1 heterocycles. The third kappa shape index (κ3) is 3.21. The normalized spacial score (nSPS) is 17.4. The van der Waals surface area contributed by atoms with Gasteiger partial charge in [-0.2, -0.15) is 0 Å². The highest BCUT2D eigenvalue weighted by Gasteiger charge is 2.21. The van der Waals surface area contributed by atoms with Crippen LogP contribution in [0, 0.1) is 0 Å². The van der Waals surface area contributed by atoms with Crippen molar-refractivity contribution in [2.75, 3.05) is 5.32 Å². The molecule has 4 nitrogen and oxygen atoms in total. The molecule has 0 saturated heterocycles. The zero-order chi connectivity index (χ0) is 15.0. The highest BCUT2D eigenvalue weighted by atomic mass is 35.5. The number of carbonyl (C=O) groups is 1. The van der Waals surface area contributed by atoms with Crippen LogP contribution in [0.5, 0.6) is 0 Å². The van der Waals surface area contributed by atoms with E-state index in [1.54, 1.807) is 18.2 Å². The molecule has 0 fully saturated rings. The molecular weight excluding hydrogens is 329 g/mol. The van der Waals surface area contributed by atoms with E-state index in [9.17, 15) is 4.79 Å². The monoisotopic (exact) mass is 341 g/mol. The summed E-state index contributed by atoms with van der Waals surface area (Å²) in [6, 6.07) is 4.97. The number of carbonyl (C=O) groups excluding carboxylic acids is 1. The molecule has 7 heteroatoms. The van der Waals surface area contributed by atoms with Gasteiger partial charge in [-0.3, -0.25) is 10.1 Å². The second-order valence-electron chi connectivity index (χ2n) is 4.97. The van der Waals surface area contributed by atoms with E-state index in [0.29, 0.717) is 20.7 Å². The van der Waals surface area contributed by atoms with Crippen LogP contribution >= 0.6 is 34.5 Å². The number of fused-ring (bicyclic) bond motifs is 1. The number of anilines is 1. The summed E-state index contributed by atoms with van der Waals surface area (Å²) in [6.07, 6.45) is 2.64. The molecule has 0 unspecified atom stereocenters. The van der Waals surface area contributed by atoms with E-state index in [0.717, 1.165) is 29.8 Å². The second kappa shape index (κ2) is 5.93. The predicted molar refractivity (Wildman–Crippen MR) is 86.5 cm³/mol. The SMILES string of the molecule is N[C@H]1CCc2nc(NC(=O)c3ccc(Cl)c(Cl)c3)sc2C1. The average Bonchev–Trinajstić information content (AvgIpc) is 2.83. The number of rotatable bonds is 2. The first-order chi connectivity index (χ1) is 10.0. The van der Waals surface area contributed by atoms with Crippen LogP contribution in [0.1, 0.15) is 27.3 Å².